The smallest absolute Gasteiger partial charge is 0.274 e. The fourth-order valence-corrected chi connectivity index (χ4v) is 7.57. The van der Waals surface area contributed by atoms with E-state index in [0.717, 1.165) is 59.3 Å². The normalized spacial score (nSPS) is 13.3. The van der Waals surface area contributed by atoms with Crippen LogP contribution in [0.2, 0.25) is 13.1 Å². The second-order valence-corrected chi connectivity index (χ2v) is 20.6. The molecule has 0 saturated carbocycles. The zero-order valence-corrected chi connectivity index (χ0v) is 37.8. The van der Waals surface area contributed by atoms with Gasteiger partial charge < -0.3 is 19.0 Å². The van der Waals surface area contributed by atoms with Crippen LogP contribution in [-0.4, -0.2) is 39.6 Å². The molecule has 4 rings (SSSR count). The molecule has 0 bridgehead atoms. The first-order valence-electron chi connectivity index (χ1n) is 20.8. The Morgan fingerprint density at radius 2 is 1.14 bits per heavy atom. The Labute approximate surface area is 341 Å². The topological polar surface area (TPSA) is 60.3 Å². The van der Waals surface area contributed by atoms with Gasteiger partial charge in [-0.25, -0.2) is 0 Å². The third kappa shape index (κ3) is 11.4. The first-order chi connectivity index (χ1) is 26.3. The molecule has 4 aromatic carbocycles. The Hall–Kier alpha value is -3.87. The van der Waals surface area contributed by atoms with Crippen LogP contribution in [0.25, 0.3) is 0 Å². The molecule has 0 aliphatic carbocycles. The molecule has 0 fully saturated rings. The Morgan fingerprint density at radius 1 is 0.625 bits per heavy atom. The van der Waals surface area contributed by atoms with Gasteiger partial charge in [0, 0.05) is 22.9 Å². The Balaban J connectivity index is 2.20. The number of ether oxygens (including phenoxy) is 2. The molecule has 1 radical (unpaired) electrons. The van der Waals surface area contributed by atoms with Crippen molar-refractivity contribution in [2.75, 3.05) is 13.2 Å². The Morgan fingerprint density at radius 3 is 1.59 bits per heavy atom. The molecule has 1 atom stereocenters. The number of nitrogens with zero attached hydrogens (tertiary/aromatic N) is 1. The number of rotatable bonds is 17. The number of aliphatic imine (C=N–C) groups is 1. The number of hydrogen-bond acceptors (Lipinski definition) is 5. The highest BCUT2D eigenvalue weighted by Gasteiger charge is 2.46. The van der Waals surface area contributed by atoms with E-state index in [0.29, 0.717) is 42.3 Å². The second kappa shape index (κ2) is 19.0. The van der Waals surface area contributed by atoms with E-state index in [4.69, 9.17) is 18.9 Å². The molecule has 0 heterocycles. The molecule has 0 spiro atoms. The van der Waals surface area contributed by atoms with Gasteiger partial charge in [-0.15, -0.1) is 0 Å². The molecule has 4 aromatic rings. The fraction of sp³-hybridized carbons (Fsp3) is 0.500. The Kier molecular flexibility index (Phi) is 15.2. The maximum absolute atomic E-state index is 14.4. The molecule has 0 aliphatic heterocycles. The van der Waals surface area contributed by atoms with E-state index >= 15 is 0 Å². The highest BCUT2D eigenvalue weighted by atomic mass is 28.3. The molecule has 6 heteroatoms. The van der Waals surface area contributed by atoms with Crippen LogP contribution in [0, 0.1) is 0 Å². The van der Waals surface area contributed by atoms with Gasteiger partial charge in [-0.1, -0.05) is 144 Å². The van der Waals surface area contributed by atoms with E-state index in [2.05, 4.69) is 162 Å². The van der Waals surface area contributed by atoms with Gasteiger partial charge in [-0.3, -0.25) is 4.99 Å². The summed E-state index contributed by atoms with van der Waals surface area (Å²) in [5, 5.41) is 14.4. The lowest BCUT2D eigenvalue weighted by atomic mass is 9.73. The van der Waals surface area contributed by atoms with Crippen molar-refractivity contribution in [1.82, 2.24) is 0 Å². The predicted octanol–water partition coefficient (Wildman–Crippen LogP) is 12.5. The van der Waals surface area contributed by atoms with Crippen LogP contribution in [0.15, 0.2) is 89.9 Å². The monoisotopic (exact) mass is 777 g/mol. The summed E-state index contributed by atoms with van der Waals surface area (Å²) in [6.07, 6.45) is 6.23. The van der Waals surface area contributed by atoms with Crippen molar-refractivity contribution in [2.45, 2.75) is 149 Å². The van der Waals surface area contributed by atoms with Crippen molar-refractivity contribution in [3.63, 3.8) is 0 Å². The van der Waals surface area contributed by atoms with Crippen molar-refractivity contribution in [3.8, 4) is 17.2 Å². The molecule has 1 N–H and O–H groups in total. The van der Waals surface area contributed by atoms with E-state index < -0.39 is 20.7 Å². The second-order valence-electron chi connectivity index (χ2n) is 18.6. The first kappa shape index (κ1) is 44.8. The van der Waals surface area contributed by atoms with Crippen LogP contribution in [0.3, 0.4) is 0 Å². The van der Waals surface area contributed by atoms with Crippen molar-refractivity contribution >= 4 is 15.3 Å². The number of aliphatic hydroxyl groups is 1. The molecule has 0 aromatic heterocycles. The largest absolute Gasteiger partial charge is 0.542 e. The van der Waals surface area contributed by atoms with Gasteiger partial charge in [-0.05, 0) is 101 Å². The molecule has 5 nitrogen and oxygen atoms in total. The molecule has 56 heavy (non-hydrogen) atoms. The number of unbranched alkanes of at least 4 members (excludes halogenated alkanes) is 2. The molecular formula is C50H70NO4Si. The minimum absolute atomic E-state index is 0.178. The van der Waals surface area contributed by atoms with Crippen LogP contribution in [0.4, 0.5) is 0 Å². The highest BCUT2D eigenvalue weighted by Crippen LogP contribution is 2.47. The molecule has 1 unspecified atom stereocenters. The van der Waals surface area contributed by atoms with Gasteiger partial charge in [0.25, 0.3) is 9.04 Å². The standard InChI is InChI=1S/C50H70NO4Si/c1-14-16-30-53-44-28-26-37(47(3,4)5)33-41(44)50(52,42-34-38(48(6,7)8)27-29-45(42)54-31-17-15-2)46(32-36-22-19-18-20-23-36)51-35-39-40(49(9,10)11)24-21-25-43(39)55-56(12)13/h18-29,33-35,46,52H,14-17,30-32H2,1-13H3. The van der Waals surface area contributed by atoms with Crippen molar-refractivity contribution in [1.29, 1.82) is 0 Å². The summed E-state index contributed by atoms with van der Waals surface area (Å²) in [6.45, 7) is 29.7. The van der Waals surface area contributed by atoms with E-state index in [1.54, 1.807) is 0 Å². The van der Waals surface area contributed by atoms with E-state index in [1.807, 2.05) is 18.3 Å². The summed E-state index contributed by atoms with van der Waals surface area (Å²) in [5.41, 5.74) is 4.49. The Bertz CT molecular complexity index is 1810. The van der Waals surface area contributed by atoms with Gasteiger partial charge in [0.15, 0.2) is 0 Å². The van der Waals surface area contributed by atoms with Crippen LogP contribution in [-0.2, 0) is 28.3 Å². The average molecular weight is 777 g/mol. The SMILES string of the molecule is CCCCOc1ccc(C(C)(C)C)cc1C(O)(c1cc(C(C)(C)C)ccc1OCCCC)C(Cc1ccccc1)N=Cc1c(O[Si](C)C)cccc1C(C)(C)C. The summed E-state index contributed by atoms with van der Waals surface area (Å²) in [7, 11) is -1.08. The lowest BCUT2D eigenvalue weighted by Crippen LogP contribution is -2.42. The molecular weight excluding hydrogens is 707 g/mol. The van der Waals surface area contributed by atoms with E-state index in [1.165, 1.54) is 0 Å². The van der Waals surface area contributed by atoms with E-state index in [9.17, 15) is 5.11 Å². The summed E-state index contributed by atoms with van der Waals surface area (Å²) in [5.74, 6) is 2.14. The van der Waals surface area contributed by atoms with Crippen LogP contribution >= 0.6 is 0 Å². The summed E-state index contributed by atoms with van der Waals surface area (Å²) in [4.78, 5) is 5.56. The molecule has 0 saturated heterocycles. The summed E-state index contributed by atoms with van der Waals surface area (Å²) < 4.78 is 19.9. The lowest BCUT2D eigenvalue weighted by Gasteiger charge is -2.39. The van der Waals surface area contributed by atoms with Crippen molar-refractivity contribution in [2.24, 2.45) is 4.99 Å². The fourth-order valence-electron chi connectivity index (χ4n) is 6.95. The van der Waals surface area contributed by atoms with Crippen LogP contribution < -0.4 is 13.9 Å². The number of hydrogen-bond donors (Lipinski definition) is 1. The minimum Gasteiger partial charge on any atom is -0.542 e. The quantitative estimate of drug-likeness (QED) is 0.0659. The molecule has 0 amide bonds. The summed E-state index contributed by atoms with van der Waals surface area (Å²) >= 11 is 0. The van der Waals surface area contributed by atoms with Gasteiger partial charge >= 0.3 is 0 Å². The van der Waals surface area contributed by atoms with Gasteiger partial charge in [0.2, 0.25) is 0 Å². The zero-order chi connectivity index (χ0) is 41.3. The zero-order valence-electron chi connectivity index (χ0n) is 36.8. The van der Waals surface area contributed by atoms with Gasteiger partial charge in [-0.2, -0.15) is 0 Å². The van der Waals surface area contributed by atoms with Crippen LogP contribution in [0.5, 0.6) is 17.2 Å². The van der Waals surface area contributed by atoms with Crippen LogP contribution in [0.1, 0.15) is 141 Å². The maximum Gasteiger partial charge on any atom is 0.274 e. The predicted molar refractivity (Wildman–Crippen MR) is 239 cm³/mol. The van der Waals surface area contributed by atoms with Crippen molar-refractivity contribution in [3.05, 3.63) is 124 Å². The van der Waals surface area contributed by atoms with E-state index in [-0.39, 0.29) is 16.2 Å². The third-order valence-electron chi connectivity index (χ3n) is 10.3. The third-order valence-corrected chi connectivity index (χ3v) is 11.0. The number of benzene rings is 4. The summed E-state index contributed by atoms with van der Waals surface area (Å²) in [6, 6.07) is 28.7. The lowest BCUT2D eigenvalue weighted by molar-refractivity contribution is 0.0460. The van der Waals surface area contributed by atoms with Gasteiger partial charge in [0.05, 0.1) is 19.3 Å². The van der Waals surface area contributed by atoms with Gasteiger partial charge in [0.1, 0.15) is 22.8 Å². The highest BCUT2D eigenvalue weighted by molar-refractivity contribution is 6.49. The molecule has 0 aliphatic rings. The maximum atomic E-state index is 14.4. The molecule has 303 valence electrons. The average Bonchev–Trinajstić information content (AvgIpc) is 3.12. The first-order valence-corrected chi connectivity index (χ1v) is 23.2. The van der Waals surface area contributed by atoms with Crippen molar-refractivity contribution < 1.29 is 19.0 Å². The minimum atomic E-state index is -1.69.